The molecule has 1 saturated heterocycles. The molecule has 0 radical (unpaired) electrons. The molecular weight excluding hydrogens is 312 g/mol. The maximum absolute atomic E-state index is 12.6. The Bertz CT molecular complexity index is 899. The van der Waals surface area contributed by atoms with Gasteiger partial charge in [-0.2, -0.15) is 0 Å². The van der Waals surface area contributed by atoms with Crippen LogP contribution in [0.5, 0.6) is 0 Å². The number of fused-ring (bicyclic) bond motifs is 1. The number of piperazine rings is 1. The van der Waals surface area contributed by atoms with E-state index in [1.165, 1.54) is 0 Å². The molecule has 0 unspecified atom stereocenters. The number of aryl methyl sites for hydroxylation is 1. The number of anilines is 1. The zero-order chi connectivity index (χ0) is 17.2. The molecule has 1 fully saturated rings. The summed E-state index contributed by atoms with van der Waals surface area (Å²) < 4.78 is 0. The van der Waals surface area contributed by atoms with Crippen LogP contribution in [-0.4, -0.2) is 47.0 Å². The average molecular weight is 332 g/mol. The van der Waals surface area contributed by atoms with Gasteiger partial charge < -0.3 is 9.80 Å². The number of nitrogens with zero attached hydrogens (tertiary/aromatic N) is 4. The van der Waals surface area contributed by atoms with Gasteiger partial charge in [0, 0.05) is 31.7 Å². The fourth-order valence-electron chi connectivity index (χ4n) is 3.12. The van der Waals surface area contributed by atoms with E-state index in [0.29, 0.717) is 13.1 Å². The molecule has 1 aromatic heterocycles. The standard InChI is InChI=1S/C20H20N4O/c1-15-6-8-16(9-7-15)20(25)24-12-10-23(11-13-24)19-14-21-17-4-2-3-5-18(17)22-19/h2-9,14H,10-13H2,1H3. The van der Waals surface area contributed by atoms with Crippen LogP contribution in [0.25, 0.3) is 11.0 Å². The Balaban J connectivity index is 1.45. The molecule has 0 N–H and O–H groups in total. The van der Waals surface area contributed by atoms with Gasteiger partial charge in [-0.05, 0) is 31.2 Å². The van der Waals surface area contributed by atoms with E-state index in [0.717, 1.165) is 41.1 Å². The minimum Gasteiger partial charge on any atom is -0.352 e. The monoisotopic (exact) mass is 332 g/mol. The van der Waals surface area contributed by atoms with E-state index >= 15 is 0 Å². The van der Waals surface area contributed by atoms with Gasteiger partial charge >= 0.3 is 0 Å². The average Bonchev–Trinajstić information content (AvgIpc) is 2.68. The molecule has 3 aromatic rings. The number of amides is 1. The summed E-state index contributed by atoms with van der Waals surface area (Å²) in [5.74, 6) is 0.977. The molecule has 1 amide bonds. The van der Waals surface area contributed by atoms with Gasteiger partial charge in [0.15, 0.2) is 0 Å². The Kier molecular flexibility index (Phi) is 4.06. The Labute approximate surface area is 146 Å². The largest absolute Gasteiger partial charge is 0.352 e. The predicted molar refractivity (Wildman–Crippen MR) is 98.8 cm³/mol. The van der Waals surface area contributed by atoms with Crippen LogP contribution in [0.15, 0.2) is 54.7 Å². The van der Waals surface area contributed by atoms with E-state index in [9.17, 15) is 4.79 Å². The van der Waals surface area contributed by atoms with Crippen molar-refractivity contribution >= 4 is 22.8 Å². The molecule has 1 aliphatic heterocycles. The quantitative estimate of drug-likeness (QED) is 0.724. The molecule has 126 valence electrons. The van der Waals surface area contributed by atoms with Gasteiger partial charge in [0.05, 0.1) is 17.2 Å². The second-order valence-corrected chi connectivity index (χ2v) is 6.36. The molecule has 2 aromatic carbocycles. The van der Waals surface area contributed by atoms with Crippen LogP contribution in [-0.2, 0) is 0 Å². The third-order valence-electron chi connectivity index (χ3n) is 4.63. The Morgan fingerprint density at radius 2 is 1.60 bits per heavy atom. The molecule has 0 bridgehead atoms. The zero-order valence-corrected chi connectivity index (χ0v) is 14.2. The van der Waals surface area contributed by atoms with Crippen LogP contribution in [0.1, 0.15) is 15.9 Å². The number of carbonyl (C=O) groups excluding carboxylic acids is 1. The minimum absolute atomic E-state index is 0.101. The van der Waals surface area contributed by atoms with Crippen molar-refractivity contribution in [3.05, 3.63) is 65.9 Å². The van der Waals surface area contributed by atoms with E-state index < -0.39 is 0 Å². The summed E-state index contributed by atoms with van der Waals surface area (Å²) >= 11 is 0. The maximum Gasteiger partial charge on any atom is 0.253 e. The molecule has 5 nitrogen and oxygen atoms in total. The Hall–Kier alpha value is -2.95. The van der Waals surface area contributed by atoms with Gasteiger partial charge in [-0.25, -0.2) is 4.98 Å². The number of para-hydroxylation sites is 2. The first kappa shape index (κ1) is 15.6. The van der Waals surface area contributed by atoms with Gasteiger partial charge in [-0.1, -0.05) is 29.8 Å². The number of rotatable bonds is 2. The van der Waals surface area contributed by atoms with Crippen molar-refractivity contribution in [1.82, 2.24) is 14.9 Å². The van der Waals surface area contributed by atoms with Gasteiger partial charge in [0.2, 0.25) is 0 Å². The molecule has 0 aliphatic carbocycles. The zero-order valence-electron chi connectivity index (χ0n) is 14.2. The lowest BCUT2D eigenvalue weighted by Gasteiger charge is -2.35. The first-order chi connectivity index (χ1) is 12.2. The molecule has 1 aliphatic rings. The molecular formula is C20H20N4O. The van der Waals surface area contributed by atoms with Gasteiger partial charge in [0.25, 0.3) is 5.91 Å². The fraction of sp³-hybridized carbons (Fsp3) is 0.250. The van der Waals surface area contributed by atoms with E-state index in [-0.39, 0.29) is 5.91 Å². The molecule has 2 heterocycles. The predicted octanol–water partition coefficient (Wildman–Crippen LogP) is 2.90. The lowest BCUT2D eigenvalue weighted by Crippen LogP contribution is -2.49. The number of hydrogen-bond donors (Lipinski definition) is 0. The van der Waals surface area contributed by atoms with Crippen molar-refractivity contribution in [2.24, 2.45) is 0 Å². The molecule has 0 saturated carbocycles. The van der Waals surface area contributed by atoms with Crippen molar-refractivity contribution in [1.29, 1.82) is 0 Å². The topological polar surface area (TPSA) is 49.3 Å². The number of carbonyl (C=O) groups is 1. The van der Waals surface area contributed by atoms with Crippen molar-refractivity contribution in [3.8, 4) is 0 Å². The van der Waals surface area contributed by atoms with Crippen LogP contribution in [0.4, 0.5) is 5.82 Å². The summed E-state index contributed by atoms with van der Waals surface area (Å²) in [6, 6.07) is 15.6. The highest BCUT2D eigenvalue weighted by atomic mass is 16.2. The van der Waals surface area contributed by atoms with Crippen molar-refractivity contribution in [2.45, 2.75) is 6.92 Å². The third-order valence-corrected chi connectivity index (χ3v) is 4.63. The second-order valence-electron chi connectivity index (χ2n) is 6.36. The third kappa shape index (κ3) is 3.18. The fourth-order valence-corrected chi connectivity index (χ4v) is 3.12. The number of aromatic nitrogens is 2. The van der Waals surface area contributed by atoms with Gasteiger partial charge in [-0.3, -0.25) is 9.78 Å². The number of hydrogen-bond acceptors (Lipinski definition) is 4. The summed E-state index contributed by atoms with van der Waals surface area (Å²) in [4.78, 5) is 25.9. The highest BCUT2D eigenvalue weighted by Crippen LogP contribution is 2.18. The summed E-state index contributed by atoms with van der Waals surface area (Å²) in [7, 11) is 0. The summed E-state index contributed by atoms with van der Waals surface area (Å²) in [5, 5.41) is 0. The van der Waals surface area contributed by atoms with Crippen molar-refractivity contribution in [3.63, 3.8) is 0 Å². The molecule has 5 heteroatoms. The second kappa shape index (κ2) is 6.51. The van der Waals surface area contributed by atoms with Crippen molar-refractivity contribution < 1.29 is 4.79 Å². The lowest BCUT2D eigenvalue weighted by molar-refractivity contribution is 0.0746. The van der Waals surface area contributed by atoms with E-state index in [2.05, 4.69) is 9.88 Å². The normalized spacial score (nSPS) is 14.8. The first-order valence-corrected chi connectivity index (χ1v) is 8.53. The Morgan fingerprint density at radius 3 is 2.32 bits per heavy atom. The summed E-state index contributed by atoms with van der Waals surface area (Å²) in [6.45, 7) is 4.95. The maximum atomic E-state index is 12.6. The molecule has 0 spiro atoms. The highest BCUT2D eigenvalue weighted by molar-refractivity contribution is 5.94. The first-order valence-electron chi connectivity index (χ1n) is 8.53. The van der Waals surface area contributed by atoms with Gasteiger partial charge in [-0.15, -0.1) is 0 Å². The van der Waals surface area contributed by atoms with Crippen LogP contribution < -0.4 is 4.90 Å². The van der Waals surface area contributed by atoms with Crippen LogP contribution in [0, 0.1) is 6.92 Å². The SMILES string of the molecule is Cc1ccc(C(=O)N2CCN(c3cnc4ccccc4n3)CC2)cc1. The van der Waals surface area contributed by atoms with E-state index in [1.807, 2.05) is 66.6 Å². The molecule has 4 rings (SSSR count). The Morgan fingerprint density at radius 1 is 0.920 bits per heavy atom. The smallest absolute Gasteiger partial charge is 0.253 e. The van der Waals surface area contributed by atoms with E-state index in [1.54, 1.807) is 0 Å². The van der Waals surface area contributed by atoms with Crippen molar-refractivity contribution in [2.75, 3.05) is 31.1 Å². The lowest BCUT2D eigenvalue weighted by atomic mass is 10.1. The van der Waals surface area contributed by atoms with E-state index in [4.69, 9.17) is 4.98 Å². The summed E-state index contributed by atoms with van der Waals surface area (Å²) in [5.41, 5.74) is 3.72. The van der Waals surface area contributed by atoms with Crippen LogP contribution >= 0.6 is 0 Å². The number of benzene rings is 2. The van der Waals surface area contributed by atoms with Crippen LogP contribution in [0.2, 0.25) is 0 Å². The van der Waals surface area contributed by atoms with Crippen LogP contribution in [0.3, 0.4) is 0 Å². The molecule has 0 atom stereocenters. The minimum atomic E-state index is 0.101. The summed E-state index contributed by atoms with van der Waals surface area (Å²) in [6.07, 6.45) is 1.82. The highest BCUT2D eigenvalue weighted by Gasteiger charge is 2.23. The molecule has 25 heavy (non-hydrogen) atoms. The van der Waals surface area contributed by atoms with Gasteiger partial charge in [0.1, 0.15) is 5.82 Å².